The highest BCUT2D eigenvalue weighted by molar-refractivity contribution is 6.33. The second-order valence-electron chi connectivity index (χ2n) is 5.87. The molecule has 1 aromatic carbocycles. The Hall–Kier alpha value is -0.810. The second kappa shape index (κ2) is 8.16. The Morgan fingerprint density at radius 1 is 1.36 bits per heavy atom. The molecular weight excluding hydrogens is 323 g/mol. The van der Waals surface area contributed by atoms with Gasteiger partial charge in [0.15, 0.2) is 0 Å². The third-order valence-electron chi connectivity index (χ3n) is 4.13. The van der Waals surface area contributed by atoms with Crippen LogP contribution in [0.3, 0.4) is 0 Å². The summed E-state index contributed by atoms with van der Waals surface area (Å²) in [6, 6.07) is 5.17. The number of halogens is 2. The Morgan fingerprint density at radius 2 is 2.09 bits per heavy atom. The third-order valence-corrected chi connectivity index (χ3v) is 4.74. The van der Waals surface area contributed by atoms with E-state index < -0.39 is 0 Å². The van der Waals surface area contributed by atoms with E-state index in [2.05, 4.69) is 10.6 Å². The fraction of sp³-hybridized carbons (Fsp3) is 0.562. The maximum atomic E-state index is 12.2. The van der Waals surface area contributed by atoms with Crippen LogP contribution in [0.25, 0.3) is 0 Å². The van der Waals surface area contributed by atoms with Crippen molar-refractivity contribution in [3.8, 4) is 0 Å². The lowest BCUT2D eigenvalue weighted by molar-refractivity contribution is -0.121. The Balaban J connectivity index is 1.92. The van der Waals surface area contributed by atoms with Crippen LogP contribution in [0.4, 0.5) is 0 Å². The van der Waals surface area contributed by atoms with Gasteiger partial charge in [-0.25, -0.2) is 0 Å². The van der Waals surface area contributed by atoms with Gasteiger partial charge >= 0.3 is 0 Å². The quantitative estimate of drug-likeness (QED) is 0.834. The summed E-state index contributed by atoms with van der Waals surface area (Å²) in [6.07, 6.45) is 2.23. The molecule has 1 fully saturated rings. The molecule has 0 saturated carbocycles. The number of hydrogen-bond acceptors (Lipinski definition) is 3. The SMILES string of the molecule is COCC1(CNC(=O)Cc2cc(Cl)ccc2Cl)CCNCC1. The van der Waals surface area contributed by atoms with E-state index in [4.69, 9.17) is 27.9 Å². The van der Waals surface area contributed by atoms with Gasteiger partial charge < -0.3 is 15.4 Å². The van der Waals surface area contributed by atoms with E-state index in [9.17, 15) is 4.79 Å². The summed E-state index contributed by atoms with van der Waals surface area (Å²) in [7, 11) is 1.71. The van der Waals surface area contributed by atoms with Crippen molar-refractivity contribution in [1.29, 1.82) is 0 Å². The van der Waals surface area contributed by atoms with Crippen molar-refractivity contribution in [2.45, 2.75) is 19.3 Å². The van der Waals surface area contributed by atoms with Crippen molar-refractivity contribution in [1.82, 2.24) is 10.6 Å². The summed E-state index contributed by atoms with van der Waals surface area (Å²) in [6.45, 7) is 3.20. The van der Waals surface area contributed by atoms with Crippen molar-refractivity contribution >= 4 is 29.1 Å². The largest absolute Gasteiger partial charge is 0.384 e. The zero-order valence-corrected chi connectivity index (χ0v) is 14.3. The van der Waals surface area contributed by atoms with Crippen LogP contribution < -0.4 is 10.6 Å². The Labute approximate surface area is 141 Å². The normalized spacial score (nSPS) is 17.2. The molecule has 0 unspecified atom stereocenters. The molecule has 1 heterocycles. The van der Waals surface area contributed by atoms with Crippen molar-refractivity contribution < 1.29 is 9.53 Å². The number of amides is 1. The molecule has 0 radical (unpaired) electrons. The predicted octanol–water partition coefficient (Wildman–Crippen LogP) is 2.67. The molecule has 0 atom stereocenters. The summed E-state index contributed by atoms with van der Waals surface area (Å²) in [5.41, 5.74) is 0.770. The van der Waals surface area contributed by atoms with Crippen LogP contribution in [-0.4, -0.2) is 39.3 Å². The van der Waals surface area contributed by atoms with Gasteiger partial charge in [-0.3, -0.25) is 4.79 Å². The summed E-state index contributed by atoms with van der Waals surface area (Å²) in [5, 5.41) is 7.51. The lowest BCUT2D eigenvalue weighted by Crippen LogP contribution is -2.47. The van der Waals surface area contributed by atoms with E-state index >= 15 is 0 Å². The predicted molar refractivity (Wildman–Crippen MR) is 89.6 cm³/mol. The Bertz CT molecular complexity index is 511. The lowest BCUT2D eigenvalue weighted by atomic mass is 9.79. The second-order valence-corrected chi connectivity index (χ2v) is 6.72. The third kappa shape index (κ3) is 4.85. The zero-order valence-electron chi connectivity index (χ0n) is 12.8. The van der Waals surface area contributed by atoms with E-state index in [1.165, 1.54) is 0 Å². The van der Waals surface area contributed by atoms with Gasteiger partial charge in [-0.2, -0.15) is 0 Å². The maximum Gasteiger partial charge on any atom is 0.224 e. The van der Waals surface area contributed by atoms with E-state index in [1.54, 1.807) is 25.3 Å². The van der Waals surface area contributed by atoms with E-state index in [1.807, 2.05) is 0 Å². The molecule has 1 aromatic rings. The van der Waals surface area contributed by atoms with Crippen LogP contribution in [0.5, 0.6) is 0 Å². The average Bonchev–Trinajstić information content (AvgIpc) is 2.50. The zero-order chi connectivity index (χ0) is 16.0. The molecule has 22 heavy (non-hydrogen) atoms. The maximum absolute atomic E-state index is 12.2. The molecule has 1 aliphatic rings. The number of piperidine rings is 1. The molecule has 1 aliphatic heterocycles. The molecule has 2 N–H and O–H groups in total. The molecule has 0 aromatic heterocycles. The van der Waals surface area contributed by atoms with Crippen LogP contribution in [0.15, 0.2) is 18.2 Å². The van der Waals surface area contributed by atoms with Gasteiger partial charge in [0, 0.05) is 29.1 Å². The number of carbonyl (C=O) groups is 1. The molecule has 1 saturated heterocycles. The number of benzene rings is 1. The molecular formula is C16H22Cl2N2O2. The van der Waals surface area contributed by atoms with Gasteiger partial charge in [0.1, 0.15) is 0 Å². The number of carbonyl (C=O) groups excluding carboxylic acids is 1. The van der Waals surface area contributed by atoms with Crippen LogP contribution in [-0.2, 0) is 16.0 Å². The number of nitrogens with one attached hydrogen (secondary N) is 2. The Kier molecular flexibility index (Phi) is 6.50. The number of ether oxygens (including phenoxy) is 1. The van der Waals surface area contributed by atoms with Gasteiger partial charge in [-0.1, -0.05) is 23.2 Å². The van der Waals surface area contributed by atoms with Crippen molar-refractivity contribution in [2.75, 3.05) is 33.4 Å². The minimum atomic E-state index is -0.0434. The van der Waals surface area contributed by atoms with Crippen molar-refractivity contribution in [3.05, 3.63) is 33.8 Å². The molecule has 0 aliphatic carbocycles. The first-order chi connectivity index (χ1) is 10.5. The van der Waals surface area contributed by atoms with Gasteiger partial charge in [0.25, 0.3) is 0 Å². The summed E-state index contributed by atoms with van der Waals surface area (Å²) in [5.74, 6) is -0.0434. The summed E-state index contributed by atoms with van der Waals surface area (Å²) < 4.78 is 5.35. The first kappa shape index (κ1) is 17.5. The fourth-order valence-corrected chi connectivity index (χ4v) is 3.21. The van der Waals surface area contributed by atoms with Gasteiger partial charge in [-0.15, -0.1) is 0 Å². The first-order valence-electron chi connectivity index (χ1n) is 7.45. The van der Waals surface area contributed by atoms with E-state index in [-0.39, 0.29) is 17.7 Å². The highest BCUT2D eigenvalue weighted by Crippen LogP contribution is 2.28. The molecule has 2 rings (SSSR count). The van der Waals surface area contributed by atoms with Gasteiger partial charge in [0.2, 0.25) is 5.91 Å². The average molecular weight is 345 g/mol. The first-order valence-corrected chi connectivity index (χ1v) is 8.20. The molecule has 0 spiro atoms. The van der Waals surface area contributed by atoms with Crippen LogP contribution >= 0.6 is 23.2 Å². The fourth-order valence-electron chi connectivity index (χ4n) is 2.84. The number of hydrogen-bond donors (Lipinski definition) is 2. The topological polar surface area (TPSA) is 50.4 Å². The van der Waals surface area contributed by atoms with Gasteiger partial charge in [0.05, 0.1) is 13.0 Å². The Morgan fingerprint density at radius 3 is 2.77 bits per heavy atom. The van der Waals surface area contributed by atoms with Crippen LogP contribution in [0.2, 0.25) is 10.0 Å². The van der Waals surface area contributed by atoms with Crippen molar-refractivity contribution in [2.24, 2.45) is 5.41 Å². The van der Waals surface area contributed by atoms with E-state index in [0.717, 1.165) is 31.5 Å². The summed E-state index contributed by atoms with van der Waals surface area (Å²) >= 11 is 12.0. The molecule has 4 nitrogen and oxygen atoms in total. The molecule has 122 valence electrons. The standard InChI is InChI=1S/C16H22Cl2N2O2/c1-22-11-16(4-6-19-7-5-16)10-20-15(21)9-12-8-13(17)2-3-14(12)18/h2-3,8,19H,4-7,9-11H2,1H3,(H,20,21). The molecule has 6 heteroatoms. The lowest BCUT2D eigenvalue weighted by Gasteiger charge is -2.37. The number of rotatable bonds is 6. The molecule has 0 bridgehead atoms. The summed E-state index contributed by atoms with van der Waals surface area (Å²) in [4.78, 5) is 12.2. The van der Waals surface area contributed by atoms with Crippen LogP contribution in [0, 0.1) is 5.41 Å². The number of methoxy groups -OCH3 is 1. The minimum absolute atomic E-state index is 0.0216. The highest BCUT2D eigenvalue weighted by atomic mass is 35.5. The van der Waals surface area contributed by atoms with Crippen molar-refractivity contribution in [3.63, 3.8) is 0 Å². The minimum Gasteiger partial charge on any atom is -0.384 e. The smallest absolute Gasteiger partial charge is 0.224 e. The monoisotopic (exact) mass is 344 g/mol. The van der Waals surface area contributed by atoms with E-state index in [0.29, 0.717) is 23.2 Å². The van der Waals surface area contributed by atoms with Crippen LogP contribution in [0.1, 0.15) is 18.4 Å². The van der Waals surface area contributed by atoms with Gasteiger partial charge in [-0.05, 0) is 49.7 Å². The molecule has 1 amide bonds. The highest BCUT2D eigenvalue weighted by Gasteiger charge is 2.32.